The van der Waals surface area contributed by atoms with E-state index in [9.17, 15) is 0 Å². The quantitative estimate of drug-likeness (QED) is 0.833. The van der Waals surface area contributed by atoms with Crippen LogP contribution in [-0.2, 0) is 4.74 Å². The minimum Gasteiger partial charge on any atom is -0.381 e. The molecule has 0 spiro atoms. The van der Waals surface area contributed by atoms with Crippen molar-refractivity contribution >= 4 is 21.7 Å². The Balaban J connectivity index is 2.18. The molecule has 0 aliphatic carbocycles. The smallest absolute Gasteiger partial charge is 0.156 e. The Morgan fingerprint density at radius 2 is 2.14 bits per heavy atom. The zero-order valence-corrected chi connectivity index (χ0v) is 9.33. The summed E-state index contributed by atoms with van der Waals surface area (Å²) in [6, 6.07) is 0. The van der Waals surface area contributed by atoms with E-state index in [0.29, 0.717) is 16.3 Å². The van der Waals surface area contributed by atoms with Crippen LogP contribution in [-0.4, -0.2) is 23.2 Å². The number of ether oxygens (including phenoxy) is 1. The molecule has 2 heterocycles. The van der Waals surface area contributed by atoms with Gasteiger partial charge in [-0.3, -0.25) is 0 Å². The number of nitrogen functional groups attached to an aromatic ring is 1. The van der Waals surface area contributed by atoms with Crippen LogP contribution in [0.3, 0.4) is 0 Å². The molecule has 2 rings (SSSR count). The molecule has 0 unspecified atom stereocenters. The highest BCUT2D eigenvalue weighted by Gasteiger charge is 2.18. The molecule has 14 heavy (non-hydrogen) atoms. The summed E-state index contributed by atoms with van der Waals surface area (Å²) < 4.78 is 5.93. The van der Waals surface area contributed by atoms with Crippen LogP contribution < -0.4 is 5.73 Å². The third kappa shape index (κ3) is 2.04. The summed E-state index contributed by atoms with van der Waals surface area (Å²) >= 11 is 3.28. The van der Waals surface area contributed by atoms with Crippen LogP contribution in [0.2, 0.25) is 0 Å². The summed E-state index contributed by atoms with van der Waals surface area (Å²) in [5.41, 5.74) is 6.58. The highest BCUT2D eigenvalue weighted by Crippen LogP contribution is 2.26. The van der Waals surface area contributed by atoms with Gasteiger partial charge in [0, 0.05) is 19.1 Å². The molecule has 1 aromatic heterocycles. The summed E-state index contributed by atoms with van der Waals surface area (Å²) in [5.74, 6) is 0.911. The maximum absolute atomic E-state index is 5.57. The van der Waals surface area contributed by atoms with Gasteiger partial charge >= 0.3 is 0 Å². The number of nitrogens with two attached hydrogens (primary N) is 1. The number of nitrogens with zero attached hydrogens (tertiary/aromatic N) is 2. The lowest BCUT2D eigenvalue weighted by Gasteiger charge is -2.21. The van der Waals surface area contributed by atoms with Crippen molar-refractivity contribution in [1.29, 1.82) is 0 Å². The molecule has 1 saturated heterocycles. The number of anilines is 1. The van der Waals surface area contributed by atoms with Gasteiger partial charge in [-0.1, -0.05) is 0 Å². The highest BCUT2D eigenvalue weighted by molar-refractivity contribution is 9.10. The van der Waals surface area contributed by atoms with Crippen molar-refractivity contribution in [3.8, 4) is 0 Å². The average molecular weight is 258 g/mol. The minimum atomic E-state index is 0.445. The molecule has 1 aromatic rings. The number of aromatic nitrogens is 2. The Kier molecular flexibility index (Phi) is 2.98. The van der Waals surface area contributed by atoms with E-state index in [1.165, 1.54) is 0 Å². The molecule has 0 saturated carbocycles. The van der Waals surface area contributed by atoms with Crippen LogP contribution in [0.5, 0.6) is 0 Å². The molecule has 76 valence electrons. The van der Waals surface area contributed by atoms with Crippen LogP contribution in [0.1, 0.15) is 24.5 Å². The fraction of sp³-hybridized carbons (Fsp3) is 0.556. The predicted octanol–water partition coefficient (Wildman–Crippen LogP) is 1.72. The van der Waals surface area contributed by atoms with Crippen molar-refractivity contribution in [3.05, 3.63) is 16.5 Å². The average Bonchev–Trinajstić information content (AvgIpc) is 2.23. The van der Waals surface area contributed by atoms with Gasteiger partial charge in [-0.2, -0.15) is 0 Å². The van der Waals surface area contributed by atoms with E-state index in [4.69, 9.17) is 10.5 Å². The second-order valence-electron chi connectivity index (χ2n) is 3.36. The summed E-state index contributed by atoms with van der Waals surface area (Å²) in [7, 11) is 0. The predicted molar refractivity (Wildman–Crippen MR) is 56.9 cm³/mol. The Hall–Kier alpha value is -0.680. The Bertz CT molecular complexity index is 326. The van der Waals surface area contributed by atoms with Crippen molar-refractivity contribution in [3.63, 3.8) is 0 Å². The maximum atomic E-state index is 5.57. The van der Waals surface area contributed by atoms with E-state index in [-0.39, 0.29) is 0 Å². The molecule has 1 aliphatic rings. The number of hydrogen-bond donors (Lipinski definition) is 1. The molecule has 0 bridgehead atoms. The third-order valence-corrected chi connectivity index (χ3v) is 3.00. The lowest BCUT2D eigenvalue weighted by atomic mass is 9.97. The van der Waals surface area contributed by atoms with Gasteiger partial charge in [0.15, 0.2) is 5.82 Å². The SMILES string of the molecule is Nc1ncc(C2CCOCC2)nc1Br. The van der Waals surface area contributed by atoms with Gasteiger partial charge in [0.2, 0.25) is 0 Å². The van der Waals surface area contributed by atoms with Gasteiger partial charge in [-0.25, -0.2) is 9.97 Å². The fourth-order valence-corrected chi connectivity index (χ4v) is 1.89. The van der Waals surface area contributed by atoms with Crippen LogP contribution in [0.4, 0.5) is 5.82 Å². The molecular formula is C9H12BrN3O. The molecule has 1 fully saturated rings. The summed E-state index contributed by atoms with van der Waals surface area (Å²) in [6.07, 6.45) is 3.80. The van der Waals surface area contributed by atoms with Crippen molar-refractivity contribution in [2.24, 2.45) is 0 Å². The van der Waals surface area contributed by atoms with Crippen LogP contribution in [0, 0.1) is 0 Å². The standard InChI is InChI=1S/C9H12BrN3O/c10-8-9(11)12-5-7(13-8)6-1-3-14-4-2-6/h5-6H,1-4H2,(H2,11,12). The van der Waals surface area contributed by atoms with E-state index in [0.717, 1.165) is 31.7 Å². The number of hydrogen-bond acceptors (Lipinski definition) is 4. The summed E-state index contributed by atoms with van der Waals surface area (Å²) in [5, 5.41) is 0. The Labute approximate surface area is 91.0 Å². The normalized spacial score (nSPS) is 18.4. The molecule has 5 heteroatoms. The summed E-state index contributed by atoms with van der Waals surface area (Å²) in [4.78, 5) is 8.45. The molecule has 0 amide bonds. The zero-order valence-electron chi connectivity index (χ0n) is 7.74. The maximum Gasteiger partial charge on any atom is 0.156 e. The van der Waals surface area contributed by atoms with Crippen LogP contribution >= 0.6 is 15.9 Å². The topological polar surface area (TPSA) is 61.0 Å². The van der Waals surface area contributed by atoms with E-state index in [1.807, 2.05) is 0 Å². The van der Waals surface area contributed by atoms with Crippen LogP contribution in [0.15, 0.2) is 10.8 Å². The van der Waals surface area contributed by atoms with E-state index in [2.05, 4.69) is 25.9 Å². The van der Waals surface area contributed by atoms with Gasteiger partial charge < -0.3 is 10.5 Å². The lowest BCUT2D eigenvalue weighted by molar-refractivity contribution is 0.0844. The van der Waals surface area contributed by atoms with Crippen LogP contribution in [0.25, 0.3) is 0 Å². The molecular weight excluding hydrogens is 246 g/mol. The highest BCUT2D eigenvalue weighted by atomic mass is 79.9. The second-order valence-corrected chi connectivity index (χ2v) is 4.11. The Morgan fingerprint density at radius 3 is 2.79 bits per heavy atom. The van der Waals surface area contributed by atoms with Gasteiger partial charge in [0.25, 0.3) is 0 Å². The van der Waals surface area contributed by atoms with Gasteiger partial charge in [-0.05, 0) is 28.8 Å². The first kappa shape index (κ1) is 9.86. The molecule has 0 atom stereocenters. The zero-order chi connectivity index (χ0) is 9.97. The van der Waals surface area contributed by atoms with Crippen molar-refractivity contribution in [2.75, 3.05) is 18.9 Å². The molecule has 1 aliphatic heterocycles. The first-order valence-corrected chi connectivity index (χ1v) is 5.42. The first-order valence-electron chi connectivity index (χ1n) is 4.63. The molecule has 0 radical (unpaired) electrons. The first-order chi connectivity index (χ1) is 6.77. The van der Waals surface area contributed by atoms with Crippen molar-refractivity contribution in [1.82, 2.24) is 9.97 Å². The molecule has 2 N–H and O–H groups in total. The van der Waals surface area contributed by atoms with Gasteiger partial charge in [0.05, 0.1) is 11.9 Å². The largest absolute Gasteiger partial charge is 0.381 e. The molecule has 4 nitrogen and oxygen atoms in total. The van der Waals surface area contributed by atoms with Crippen molar-refractivity contribution < 1.29 is 4.74 Å². The number of halogens is 1. The summed E-state index contributed by atoms with van der Waals surface area (Å²) in [6.45, 7) is 1.63. The van der Waals surface area contributed by atoms with Gasteiger partial charge in [0.1, 0.15) is 4.60 Å². The Morgan fingerprint density at radius 1 is 1.43 bits per heavy atom. The number of rotatable bonds is 1. The second kappa shape index (κ2) is 4.23. The van der Waals surface area contributed by atoms with E-state index < -0.39 is 0 Å². The lowest BCUT2D eigenvalue weighted by Crippen LogP contribution is -2.15. The minimum absolute atomic E-state index is 0.445. The van der Waals surface area contributed by atoms with E-state index in [1.54, 1.807) is 6.20 Å². The molecule has 0 aromatic carbocycles. The van der Waals surface area contributed by atoms with Crippen molar-refractivity contribution in [2.45, 2.75) is 18.8 Å². The monoisotopic (exact) mass is 257 g/mol. The fourth-order valence-electron chi connectivity index (χ4n) is 1.58. The van der Waals surface area contributed by atoms with E-state index >= 15 is 0 Å². The van der Waals surface area contributed by atoms with Gasteiger partial charge in [-0.15, -0.1) is 0 Å². The third-order valence-electron chi connectivity index (χ3n) is 2.41.